The number of carbonyl (C=O) groups is 1. The monoisotopic (exact) mass is 310 g/mol. The highest BCUT2D eigenvalue weighted by molar-refractivity contribution is 5.96. The molecule has 2 nitrogen and oxygen atoms in total. The summed E-state index contributed by atoms with van der Waals surface area (Å²) in [6.07, 6.45) is 4.48. The third kappa shape index (κ3) is 4.69. The zero-order valence-electron chi connectivity index (χ0n) is 14.4. The molecule has 23 heavy (non-hydrogen) atoms. The molecule has 122 valence electrons. The average molecular weight is 310 g/mol. The van der Waals surface area contributed by atoms with E-state index in [-0.39, 0.29) is 5.78 Å². The first kappa shape index (κ1) is 17.3. The predicted molar refractivity (Wildman–Crippen MR) is 96.3 cm³/mol. The van der Waals surface area contributed by atoms with Crippen LogP contribution in [0, 0.1) is 0 Å². The van der Waals surface area contributed by atoms with Crippen molar-refractivity contribution in [3.63, 3.8) is 0 Å². The minimum absolute atomic E-state index is 0.148. The fourth-order valence-corrected chi connectivity index (χ4v) is 2.80. The van der Waals surface area contributed by atoms with Gasteiger partial charge in [-0.25, -0.2) is 0 Å². The van der Waals surface area contributed by atoms with E-state index < -0.39 is 0 Å². The van der Waals surface area contributed by atoms with Crippen molar-refractivity contribution in [1.82, 2.24) is 0 Å². The second-order valence-electron chi connectivity index (χ2n) is 5.84. The van der Waals surface area contributed by atoms with Gasteiger partial charge in [0, 0.05) is 5.56 Å². The molecule has 0 spiro atoms. The zero-order chi connectivity index (χ0) is 16.7. The molecule has 0 amide bonds. The van der Waals surface area contributed by atoms with Crippen molar-refractivity contribution in [1.29, 1.82) is 0 Å². The van der Waals surface area contributed by atoms with Gasteiger partial charge in [-0.3, -0.25) is 4.79 Å². The molecule has 0 N–H and O–H groups in total. The van der Waals surface area contributed by atoms with E-state index in [9.17, 15) is 4.79 Å². The topological polar surface area (TPSA) is 26.3 Å². The van der Waals surface area contributed by atoms with E-state index in [4.69, 9.17) is 4.74 Å². The van der Waals surface area contributed by atoms with Crippen LogP contribution in [0.3, 0.4) is 0 Å². The Hall–Kier alpha value is -2.09. The lowest BCUT2D eigenvalue weighted by molar-refractivity contribution is 0.101. The third-order valence-electron chi connectivity index (χ3n) is 4.03. The van der Waals surface area contributed by atoms with Crippen LogP contribution in [0.25, 0.3) is 11.1 Å². The molecular weight excluding hydrogens is 284 g/mol. The molecular formula is C21H26O2. The SMILES string of the molecule is CCCCCc1cc(-c2ccc(OCC)cc2)ccc1C(C)=O. The maximum absolute atomic E-state index is 11.8. The van der Waals surface area contributed by atoms with Crippen LogP contribution in [0.15, 0.2) is 42.5 Å². The number of Topliss-reactive ketones (excluding diaryl/α,β-unsaturated/α-hetero) is 1. The number of ether oxygens (including phenoxy) is 1. The van der Waals surface area contributed by atoms with Gasteiger partial charge in [-0.05, 0) is 55.5 Å². The molecule has 0 unspecified atom stereocenters. The van der Waals surface area contributed by atoms with Crippen molar-refractivity contribution in [3.8, 4) is 16.9 Å². The maximum atomic E-state index is 11.8. The van der Waals surface area contributed by atoms with Crippen LogP contribution < -0.4 is 4.74 Å². The number of benzene rings is 2. The standard InChI is InChI=1S/C21H26O2/c1-4-6-7-8-19-15-18(11-14-21(19)16(3)22)17-9-12-20(13-10-17)23-5-2/h9-15H,4-8H2,1-3H3. The second kappa shape index (κ2) is 8.52. The molecule has 0 aliphatic rings. The van der Waals surface area contributed by atoms with Crippen molar-refractivity contribution < 1.29 is 9.53 Å². The van der Waals surface area contributed by atoms with Crippen LogP contribution in [0.5, 0.6) is 5.75 Å². The minimum atomic E-state index is 0.148. The average Bonchev–Trinajstić information content (AvgIpc) is 2.56. The van der Waals surface area contributed by atoms with E-state index in [2.05, 4.69) is 25.1 Å². The molecule has 0 aliphatic carbocycles. The van der Waals surface area contributed by atoms with E-state index in [0.29, 0.717) is 6.61 Å². The zero-order valence-corrected chi connectivity index (χ0v) is 14.4. The normalized spacial score (nSPS) is 10.6. The quantitative estimate of drug-likeness (QED) is 0.462. The van der Waals surface area contributed by atoms with Crippen molar-refractivity contribution in [2.45, 2.75) is 46.5 Å². The molecule has 2 aromatic carbocycles. The number of aryl methyl sites for hydroxylation is 1. The van der Waals surface area contributed by atoms with Crippen LogP contribution in [0.1, 0.15) is 56.0 Å². The van der Waals surface area contributed by atoms with Crippen LogP contribution in [0.4, 0.5) is 0 Å². The highest BCUT2D eigenvalue weighted by Gasteiger charge is 2.09. The van der Waals surface area contributed by atoms with E-state index in [1.807, 2.05) is 31.2 Å². The van der Waals surface area contributed by atoms with Gasteiger partial charge >= 0.3 is 0 Å². The van der Waals surface area contributed by atoms with Gasteiger partial charge in [0.15, 0.2) is 5.78 Å². The Labute approximate surface area is 139 Å². The Balaban J connectivity index is 2.28. The molecule has 0 bridgehead atoms. The molecule has 0 fully saturated rings. The van der Waals surface area contributed by atoms with Gasteiger partial charge in [0.25, 0.3) is 0 Å². The molecule has 2 aromatic rings. The molecule has 0 saturated carbocycles. The van der Waals surface area contributed by atoms with Gasteiger partial charge in [-0.2, -0.15) is 0 Å². The predicted octanol–water partition coefficient (Wildman–Crippen LogP) is 5.69. The van der Waals surface area contributed by atoms with Crippen molar-refractivity contribution in [3.05, 3.63) is 53.6 Å². The van der Waals surface area contributed by atoms with E-state index >= 15 is 0 Å². The first-order valence-corrected chi connectivity index (χ1v) is 8.52. The first-order valence-electron chi connectivity index (χ1n) is 8.52. The summed E-state index contributed by atoms with van der Waals surface area (Å²) in [5, 5.41) is 0. The van der Waals surface area contributed by atoms with Gasteiger partial charge in [0.05, 0.1) is 6.61 Å². The lowest BCUT2D eigenvalue weighted by atomic mass is 9.94. The molecule has 0 aromatic heterocycles. The molecule has 0 radical (unpaired) electrons. The minimum Gasteiger partial charge on any atom is -0.494 e. The molecule has 0 aliphatic heterocycles. The second-order valence-corrected chi connectivity index (χ2v) is 5.84. The molecule has 0 saturated heterocycles. The summed E-state index contributed by atoms with van der Waals surface area (Å²) in [7, 11) is 0. The van der Waals surface area contributed by atoms with Crippen LogP contribution in [0.2, 0.25) is 0 Å². The van der Waals surface area contributed by atoms with Crippen LogP contribution >= 0.6 is 0 Å². The molecule has 0 heterocycles. The summed E-state index contributed by atoms with van der Waals surface area (Å²) < 4.78 is 5.49. The van der Waals surface area contributed by atoms with E-state index in [0.717, 1.165) is 40.8 Å². The largest absolute Gasteiger partial charge is 0.494 e. The number of carbonyl (C=O) groups excluding carboxylic acids is 1. The lowest BCUT2D eigenvalue weighted by Gasteiger charge is -2.11. The van der Waals surface area contributed by atoms with Gasteiger partial charge in [0.1, 0.15) is 5.75 Å². The Morgan fingerprint density at radius 2 is 1.65 bits per heavy atom. The first-order chi connectivity index (χ1) is 11.2. The number of hydrogen-bond acceptors (Lipinski definition) is 2. The number of ketones is 1. The van der Waals surface area contributed by atoms with Crippen molar-refractivity contribution >= 4 is 5.78 Å². The Morgan fingerprint density at radius 3 is 2.26 bits per heavy atom. The number of hydrogen-bond donors (Lipinski definition) is 0. The summed E-state index contributed by atoms with van der Waals surface area (Å²) in [6.45, 7) is 6.50. The smallest absolute Gasteiger partial charge is 0.160 e. The van der Waals surface area contributed by atoms with Crippen molar-refractivity contribution in [2.75, 3.05) is 6.61 Å². The molecule has 2 rings (SSSR count). The summed E-state index contributed by atoms with van der Waals surface area (Å²) in [5.41, 5.74) is 4.33. The maximum Gasteiger partial charge on any atom is 0.160 e. The lowest BCUT2D eigenvalue weighted by Crippen LogP contribution is -2.00. The fourth-order valence-electron chi connectivity index (χ4n) is 2.80. The van der Waals surface area contributed by atoms with Gasteiger partial charge in [0.2, 0.25) is 0 Å². The Morgan fingerprint density at radius 1 is 0.957 bits per heavy atom. The summed E-state index contributed by atoms with van der Waals surface area (Å²) in [6, 6.07) is 14.3. The molecule has 2 heteroatoms. The number of unbranched alkanes of at least 4 members (excludes halogenated alkanes) is 2. The van der Waals surface area contributed by atoms with Crippen LogP contribution in [-0.4, -0.2) is 12.4 Å². The third-order valence-corrected chi connectivity index (χ3v) is 4.03. The fraction of sp³-hybridized carbons (Fsp3) is 0.381. The van der Waals surface area contributed by atoms with Crippen LogP contribution in [-0.2, 0) is 6.42 Å². The Bertz CT molecular complexity index is 641. The van der Waals surface area contributed by atoms with E-state index in [1.54, 1.807) is 6.92 Å². The Kier molecular flexibility index (Phi) is 6.40. The molecule has 0 atom stereocenters. The van der Waals surface area contributed by atoms with Crippen molar-refractivity contribution in [2.24, 2.45) is 0 Å². The van der Waals surface area contributed by atoms with Gasteiger partial charge in [-0.15, -0.1) is 0 Å². The van der Waals surface area contributed by atoms with E-state index in [1.165, 1.54) is 12.8 Å². The highest BCUT2D eigenvalue weighted by atomic mass is 16.5. The summed E-state index contributed by atoms with van der Waals surface area (Å²) in [4.78, 5) is 11.8. The number of rotatable bonds is 8. The van der Waals surface area contributed by atoms with Gasteiger partial charge in [-0.1, -0.05) is 50.1 Å². The van der Waals surface area contributed by atoms with Gasteiger partial charge < -0.3 is 4.74 Å². The highest BCUT2D eigenvalue weighted by Crippen LogP contribution is 2.26. The summed E-state index contributed by atoms with van der Waals surface area (Å²) >= 11 is 0. The summed E-state index contributed by atoms with van der Waals surface area (Å²) in [5.74, 6) is 1.04.